The molecule has 2 aromatic rings. The van der Waals surface area contributed by atoms with Gasteiger partial charge in [0.2, 0.25) is 0 Å². The molecule has 0 spiro atoms. The van der Waals surface area contributed by atoms with Gasteiger partial charge in [-0.3, -0.25) is 9.59 Å². The lowest BCUT2D eigenvalue weighted by Gasteiger charge is -2.07. The third-order valence-corrected chi connectivity index (χ3v) is 5.62. The number of nitrogens with zero attached hydrogens (tertiary/aromatic N) is 1. The number of anilines is 1. The average Bonchev–Trinajstić information content (AvgIpc) is 2.79. The highest BCUT2D eigenvalue weighted by molar-refractivity contribution is 7.16. The molecule has 0 unspecified atom stereocenters. The smallest absolute Gasteiger partial charge is 0.262 e. The molecule has 1 heterocycles. The van der Waals surface area contributed by atoms with Gasteiger partial charge in [0.05, 0.1) is 5.56 Å². The van der Waals surface area contributed by atoms with Crippen LogP contribution in [0.3, 0.4) is 0 Å². The molecule has 0 radical (unpaired) electrons. The lowest BCUT2D eigenvalue weighted by molar-refractivity contribution is -0.118. The first-order valence-electron chi connectivity index (χ1n) is 8.66. The van der Waals surface area contributed by atoms with Crippen molar-refractivity contribution in [2.75, 3.05) is 11.9 Å². The van der Waals surface area contributed by atoms with E-state index in [0.717, 1.165) is 31.2 Å². The second kappa shape index (κ2) is 8.15. The number of nitriles is 1. The van der Waals surface area contributed by atoms with Crippen molar-refractivity contribution in [3.05, 3.63) is 45.8 Å². The Morgan fingerprint density at radius 1 is 1.19 bits per heavy atom. The summed E-state index contributed by atoms with van der Waals surface area (Å²) in [5, 5.41) is 12.9. The zero-order chi connectivity index (χ0) is 18.5. The number of ether oxygens (including phenoxy) is 1. The standard InChI is InChI=1S/C20H20N2O3S/c1-13(23)14-7-9-15(10-8-14)25-12-19(24)22-20-17(11-21)16-5-3-2-4-6-18(16)26-20/h7-10H,2-6,12H2,1H3,(H,22,24). The fraction of sp³-hybridized carbons (Fsp3) is 0.350. The summed E-state index contributed by atoms with van der Waals surface area (Å²) >= 11 is 1.51. The van der Waals surface area contributed by atoms with Crippen LogP contribution in [0.1, 0.15) is 52.5 Å². The van der Waals surface area contributed by atoms with Crippen molar-refractivity contribution in [1.82, 2.24) is 0 Å². The second-order valence-electron chi connectivity index (χ2n) is 6.30. The van der Waals surface area contributed by atoms with E-state index in [4.69, 9.17) is 4.74 Å². The largest absolute Gasteiger partial charge is 0.484 e. The van der Waals surface area contributed by atoms with Crippen LogP contribution in [0.5, 0.6) is 5.75 Å². The summed E-state index contributed by atoms with van der Waals surface area (Å²) in [6.07, 6.45) is 5.29. The number of thiophene rings is 1. The van der Waals surface area contributed by atoms with E-state index in [-0.39, 0.29) is 18.3 Å². The molecule has 1 aromatic heterocycles. The van der Waals surface area contributed by atoms with Gasteiger partial charge in [0.1, 0.15) is 16.8 Å². The molecule has 0 fully saturated rings. The minimum absolute atomic E-state index is 0.0178. The van der Waals surface area contributed by atoms with Crippen molar-refractivity contribution in [2.45, 2.75) is 39.0 Å². The molecule has 0 aliphatic heterocycles. The molecular formula is C20H20N2O3S. The summed E-state index contributed by atoms with van der Waals surface area (Å²) in [4.78, 5) is 24.7. The number of ketones is 1. The van der Waals surface area contributed by atoms with Crippen molar-refractivity contribution < 1.29 is 14.3 Å². The maximum absolute atomic E-state index is 12.2. The number of nitrogens with one attached hydrogen (secondary N) is 1. The maximum Gasteiger partial charge on any atom is 0.262 e. The summed E-state index contributed by atoms with van der Waals surface area (Å²) < 4.78 is 5.47. The summed E-state index contributed by atoms with van der Waals surface area (Å²) in [5.74, 6) is 0.206. The molecule has 0 atom stereocenters. The first-order chi connectivity index (χ1) is 12.6. The minimum Gasteiger partial charge on any atom is -0.484 e. The Bertz CT molecular complexity index is 862. The van der Waals surface area contributed by atoms with Gasteiger partial charge in [0.25, 0.3) is 5.91 Å². The van der Waals surface area contributed by atoms with Crippen LogP contribution in [0.2, 0.25) is 0 Å². The summed E-state index contributed by atoms with van der Waals surface area (Å²) in [6.45, 7) is 1.35. The van der Waals surface area contributed by atoms with E-state index in [0.29, 0.717) is 21.9 Å². The summed E-state index contributed by atoms with van der Waals surface area (Å²) in [5.41, 5.74) is 2.30. The van der Waals surface area contributed by atoms with Gasteiger partial charge in [0.15, 0.2) is 12.4 Å². The first-order valence-corrected chi connectivity index (χ1v) is 9.48. The molecule has 0 saturated carbocycles. The van der Waals surface area contributed by atoms with Crippen LogP contribution in [0, 0.1) is 11.3 Å². The number of carbonyl (C=O) groups is 2. The molecule has 1 aliphatic rings. The van der Waals surface area contributed by atoms with Gasteiger partial charge < -0.3 is 10.1 Å². The average molecular weight is 368 g/mol. The van der Waals surface area contributed by atoms with Gasteiger partial charge in [-0.2, -0.15) is 5.26 Å². The van der Waals surface area contributed by atoms with Crippen LogP contribution in [-0.2, 0) is 17.6 Å². The highest BCUT2D eigenvalue weighted by atomic mass is 32.1. The minimum atomic E-state index is -0.298. The number of rotatable bonds is 5. The molecule has 0 bridgehead atoms. The van der Waals surface area contributed by atoms with E-state index < -0.39 is 0 Å². The number of hydrogen-bond acceptors (Lipinski definition) is 5. The Balaban J connectivity index is 1.63. The number of carbonyl (C=O) groups excluding carboxylic acids is 2. The second-order valence-corrected chi connectivity index (χ2v) is 7.40. The third-order valence-electron chi connectivity index (χ3n) is 4.42. The van der Waals surface area contributed by atoms with E-state index in [9.17, 15) is 14.9 Å². The zero-order valence-corrected chi connectivity index (χ0v) is 15.4. The van der Waals surface area contributed by atoms with Crippen LogP contribution in [0.15, 0.2) is 24.3 Å². The SMILES string of the molecule is CC(=O)c1ccc(OCC(=O)Nc2sc3c(c2C#N)CCCCC3)cc1. The Kier molecular flexibility index (Phi) is 5.69. The highest BCUT2D eigenvalue weighted by Crippen LogP contribution is 2.36. The van der Waals surface area contributed by atoms with Crippen molar-refractivity contribution in [1.29, 1.82) is 5.26 Å². The fourth-order valence-corrected chi connectivity index (χ4v) is 4.30. The normalized spacial score (nSPS) is 13.2. The molecule has 6 heteroatoms. The lowest BCUT2D eigenvalue weighted by atomic mass is 10.1. The molecule has 1 N–H and O–H groups in total. The summed E-state index contributed by atoms with van der Waals surface area (Å²) in [6, 6.07) is 8.91. The van der Waals surface area contributed by atoms with E-state index in [1.165, 1.54) is 29.6 Å². The van der Waals surface area contributed by atoms with Gasteiger partial charge in [-0.05, 0) is 62.4 Å². The van der Waals surface area contributed by atoms with Crippen LogP contribution in [0.25, 0.3) is 0 Å². The number of benzene rings is 1. The molecule has 3 rings (SSSR count). The van der Waals surface area contributed by atoms with Gasteiger partial charge >= 0.3 is 0 Å². The molecular weight excluding hydrogens is 348 g/mol. The zero-order valence-electron chi connectivity index (χ0n) is 14.6. The molecule has 1 amide bonds. The van der Waals surface area contributed by atoms with E-state index in [1.807, 2.05) is 0 Å². The van der Waals surface area contributed by atoms with Gasteiger partial charge in [-0.15, -0.1) is 11.3 Å². The maximum atomic E-state index is 12.2. The Labute approximate surface area is 156 Å². The topological polar surface area (TPSA) is 79.2 Å². The third kappa shape index (κ3) is 4.12. The van der Waals surface area contributed by atoms with Crippen molar-refractivity contribution in [3.63, 3.8) is 0 Å². The fourth-order valence-electron chi connectivity index (χ4n) is 3.05. The Morgan fingerprint density at radius 2 is 1.92 bits per heavy atom. The van der Waals surface area contributed by atoms with E-state index in [1.54, 1.807) is 24.3 Å². The molecule has 1 aromatic carbocycles. The Morgan fingerprint density at radius 3 is 2.62 bits per heavy atom. The van der Waals surface area contributed by atoms with Crippen LogP contribution in [-0.4, -0.2) is 18.3 Å². The molecule has 5 nitrogen and oxygen atoms in total. The van der Waals surface area contributed by atoms with Crippen LogP contribution in [0.4, 0.5) is 5.00 Å². The van der Waals surface area contributed by atoms with Gasteiger partial charge in [-0.1, -0.05) is 6.42 Å². The number of Topliss-reactive ketones (excluding diaryl/α,β-unsaturated/α-hetero) is 1. The first kappa shape index (κ1) is 18.2. The van der Waals surface area contributed by atoms with Crippen LogP contribution < -0.4 is 10.1 Å². The molecule has 0 saturated heterocycles. The summed E-state index contributed by atoms with van der Waals surface area (Å²) in [7, 11) is 0. The number of fused-ring (bicyclic) bond motifs is 1. The van der Waals surface area contributed by atoms with Gasteiger partial charge in [0, 0.05) is 10.4 Å². The quantitative estimate of drug-likeness (QED) is 0.636. The van der Waals surface area contributed by atoms with Crippen molar-refractivity contribution >= 4 is 28.0 Å². The monoisotopic (exact) mass is 368 g/mol. The van der Waals surface area contributed by atoms with Gasteiger partial charge in [-0.25, -0.2) is 0 Å². The van der Waals surface area contributed by atoms with E-state index >= 15 is 0 Å². The predicted molar refractivity (Wildman–Crippen MR) is 101 cm³/mol. The lowest BCUT2D eigenvalue weighted by Crippen LogP contribution is -2.20. The predicted octanol–water partition coefficient (Wildman–Crippen LogP) is 4.11. The number of aryl methyl sites for hydroxylation is 1. The molecule has 1 aliphatic carbocycles. The van der Waals surface area contributed by atoms with Crippen molar-refractivity contribution in [3.8, 4) is 11.8 Å². The van der Waals surface area contributed by atoms with Crippen LogP contribution >= 0.6 is 11.3 Å². The molecule has 134 valence electrons. The number of hydrogen-bond donors (Lipinski definition) is 1. The van der Waals surface area contributed by atoms with E-state index in [2.05, 4.69) is 11.4 Å². The Hall–Kier alpha value is -2.65. The van der Waals surface area contributed by atoms with Crippen molar-refractivity contribution in [2.24, 2.45) is 0 Å². The molecule has 26 heavy (non-hydrogen) atoms. The number of amides is 1. The highest BCUT2D eigenvalue weighted by Gasteiger charge is 2.21.